The fourth-order valence-corrected chi connectivity index (χ4v) is 1.65. The Balaban J connectivity index is 3.17. The van der Waals surface area contributed by atoms with Gasteiger partial charge in [-0.25, -0.2) is 4.79 Å². The molecule has 0 aromatic heterocycles. The predicted molar refractivity (Wildman–Crippen MR) is 63.5 cm³/mol. The molecule has 0 saturated carbocycles. The van der Waals surface area contributed by atoms with E-state index in [2.05, 4.69) is 4.74 Å². The van der Waals surface area contributed by atoms with Crippen molar-refractivity contribution in [2.75, 3.05) is 6.61 Å². The van der Waals surface area contributed by atoms with Crippen LogP contribution < -0.4 is 0 Å². The minimum Gasteiger partial charge on any atom is -0.507 e. The first-order valence-electron chi connectivity index (χ1n) is 5.24. The van der Waals surface area contributed by atoms with Gasteiger partial charge in [0.1, 0.15) is 5.75 Å². The number of esters is 1. The fourth-order valence-electron chi connectivity index (χ4n) is 1.40. The zero-order chi connectivity index (χ0) is 13.0. The third-order valence-corrected chi connectivity index (χ3v) is 2.46. The van der Waals surface area contributed by atoms with Crippen LogP contribution in [0, 0.1) is 0 Å². The summed E-state index contributed by atoms with van der Waals surface area (Å²) < 4.78 is 4.58. The van der Waals surface area contributed by atoms with Crippen molar-refractivity contribution in [2.45, 2.75) is 20.3 Å². The lowest BCUT2D eigenvalue weighted by Crippen LogP contribution is -2.18. The average molecular weight is 257 g/mol. The lowest BCUT2D eigenvalue weighted by atomic mass is 10.0. The zero-order valence-electron chi connectivity index (χ0n) is 9.62. The molecule has 1 aromatic carbocycles. The van der Waals surface area contributed by atoms with Crippen LogP contribution >= 0.6 is 11.6 Å². The fraction of sp³-hybridized carbons (Fsp3) is 0.333. The number of aryl methyl sites for hydroxylation is 1. The van der Waals surface area contributed by atoms with Gasteiger partial charge >= 0.3 is 5.97 Å². The maximum absolute atomic E-state index is 11.7. The van der Waals surface area contributed by atoms with E-state index >= 15 is 0 Å². The Morgan fingerprint density at radius 2 is 2.00 bits per heavy atom. The van der Waals surface area contributed by atoms with Crippen molar-refractivity contribution in [2.24, 2.45) is 0 Å². The van der Waals surface area contributed by atoms with Crippen molar-refractivity contribution >= 4 is 23.4 Å². The first kappa shape index (κ1) is 13.5. The molecule has 0 heterocycles. The van der Waals surface area contributed by atoms with Gasteiger partial charge in [-0.2, -0.15) is 0 Å². The van der Waals surface area contributed by atoms with Gasteiger partial charge in [-0.05, 0) is 31.0 Å². The van der Waals surface area contributed by atoms with Crippen LogP contribution in [-0.2, 0) is 16.0 Å². The van der Waals surface area contributed by atoms with Gasteiger partial charge in [-0.1, -0.05) is 18.5 Å². The number of ether oxygens (including phenoxy) is 1. The Morgan fingerprint density at radius 3 is 2.53 bits per heavy atom. The summed E-state index contributed by atoms with van der Waals surface area (Å²) in [6, 6.07) is 2.81. The van der Waals surface area contributed by atoms with E-state index in [0.29, 0.717) is 17.0 Å². The SMILES string of the molecule is CCOC(=O)C(=O)c1cc(Cl)cc(CC)c1O. The van der Waals surface area contributed by atoms with E-state index in [9.17, 15) is 14.7 Å². The molecule has 1 aromatic rings. The molecular weight excluding hydrogens is 244 g/mol. The van der Waals surface area contributed by atoms with E-state index in [0.717, 1.165) is 0 Å². The second kappa shape index (κ2) is 5.68. The molecule has 0 spiro atoms. The van der Waals surface area contributed by atoms with Gasteiger partial charge in [-0.15, -0.1) is 0 Å². The molecule has 92 valence electrons. The van der Waals surface area contributed by atoms with Crippen LogP contribution in [0.1, 0.15) is 29.8 Å². The summed E-state index contributed by atoms with van der Waals surface area (Å²) in [5, 5.41) is 10.1. The highest BCUT2D eigenvalue weighted by Crippen LogP contribution is 2.28. The number of carbonyl (C=O) groups excluding carboxylic acids is 2. The standard InChI is InChI=1S/C12H13ClO4/c1-3-7-5-8(13)6-9(10(7)14)11(15)12(16)17-4-2/h5-6,14H,3-4H2,1-2H3. The van der Waals surface area contributed by atoms with Gasteiger partial charge in [-0.3, -0.25) is 4.79 Å². The molecule has 1 N–H and O–H groups in total. The quantitative estimate of drug-likeness (QED) is 0.510. The molecule has 0 aliphatic heterocycles. The first-order valence-corrected chi connectivity index (χ1v) is 5.61. The Bertz CT molecular complexity index is 454. The molecular formula is C12H13ClO4. The third-order valence-electron chi connectivity index (χ3n) is 2.24. The molecule has 17 heavy (non-hydrogen) atoms. The zero-order valence-corrected chi connectivity index (χ0v) is 10.4. The lowest BCUT2D eigenvalue weighted by molar-refractivity contribution is -0.137. The number of rotatable bonds is 4. The molecule has 0 saturated heterocycles. The van der Waals surface area contributed by atoms with Crippen molar-refractivity contribution in [3.8, 4) is 5.75 Å². The highest BCUT2D eigenvalue weighted by Gasteiger charge is 2.22. The summed E-state index contributed by atoms with van der Waals surface area (Å²) in [4.78, 5) is 23.0. The molecule has 0 aliphatic rings. The van der Waals surface area contributed by atoms with E-state index in [1.165, 1.54) is 6.07 Å². The largest absolute Gasteiger partial charge is 0.507 e. The number of ketones is 1. The summed E-state index contributed by atoms with van der Waals surface area (Å²) in [6.07, 6.45) is 0.509. The maximum atomic E-state index is 11.7. The molecule has 0 bridgehead atoms. The second-order valence-electron chi connectivity index (χ2n) is 3.36. The van der Waals surface area contributed by atoms with Crippen LogP contribution in [0.3, 0.4) is 0 Å². The first-order chi connectivity index (χ1) is 8.01. The third kappa shape index (κ3) is 2.97. The van der Waals surface area contributed by atoms with Gasteiger partial charge < -0.3 is 9.84 Å². The van der Waals surface area contributed by atoms with Gasteiger partial charge in [0.25, 0.3) is 5.78 Å². The van der Waals surface area contributed by atoms with Crippen molar-refractivity contribution in [3.63, 3.8) is 0 Å². The average Bonchev–Trinajstić information content (AvgIpc) is 2.31. The van der Waals surface area contributed by atoms with Crippen LogP contribution in [0.5, 0.6) is 5.75 Å². The van der Waals surface area contributed by atoms with E-state index in [4.69, 9.17) is 11.6 Å². The highest BCUT2D eigenvalue weighted by atomic mass is 35.5. The van der Waals surface area contributed by atoms with Gasteiger partial charge in [0.05, 0.1) is 12.2 Å². The van der Waals surface area contributed by atoms with E-state index < -0.39 is 11.8 Å². The summed E-state index contributed by atoms with van der Waals surface area (Å²) in [5.74, 6) is -2.09. The number of benzene rings is 1. The Labute approximate surface area is 104 Å². The predicted octanol–water partition coefficient (Wildman–Crippen LogP) is 2.35. The van der Waals surface area contributed by atoms with Gasteiger partial charge in [0, 0.05) is 5.02 Å². The molecule has 5 heteroatoms. The number of phenolic OH excluding ortho intramolecular Hbond substituents is 1. The number of hydrogen-bond donors (Lipinski definition) is 1. The van der Waals surface area contributed by atoms with Crippen molar-refractivity contribution < 1.29 is 19.4 Å². The number of halogens is 1. The minimum atomic E-state index is -0.993. The number of phenols is 1. The monoisotopic (exact) mass is 256 g/mol. The number of hydrogen-bond acceptors (Lipinski definition) is 4. The molecule has 0 fully saturated rings. The van der Waals surface area contributed by atoms with Gasteiger partial charge in [0.15, 0.2) is 0 Å². The lowest BCUT2D eigenvalue weighted by Gasteiger charge is -2.08. The van der Waals surface area contributed by atoms with Crippen LogP contribution in [0.25, 0.3) is 0 Å². The molecule has 0 aliphatic carbocycles. The molecule has 0 unspecified atom stereocenters. The van der Waals surface area contributed by atoms with E-state index in [-0.39, 0.29) is 17.9 Å². The smallest absolute Gasteiger partial charge is 0.379 e. The Morgan fingerprint density at radius 1 is 1.35 bits per heavy atom. The number of Topliss-reactive ketones (excluding diaryl/α,β-unsaturated/α-hetero) is 1. The summed E-state index contributed by atoms with van der Waals surface area (Å²) in [6.45, 7) is 3.51. The molecule has 0 radical (unpaired) electrons. The van der Waals surface area contributed by atoms with Crippen molar-refractivity contribution in [1.82, 2.24) is 0 Å². The van der Waals surface area contributed by atoms with Crippen LogP contribution in [0.4, 0.5) is 0 Å². The van der Waals surface area contributed by atoms with Gasteiger partial charge in [0.2, 0.25) is 0 Å². The minimum absolute atomic E-state index is 0.104. The van der Waals surface area contributed by atoms with Crippen LogP contribution in [-0.4, -0.2) is 23.5 Å². The summed E-state index contributed by atoms with van der Waals surface area (Å²) >= 11 is 5.81. The van der Waals surface area contributed by atoms with Crippen LogP contribution in [0.2, 0.25) is 5.02 Å². The molecule has 1 rings (SSSR count). The highest BCUT2D eigenvalue weighted by molar-refractivity contribution is 6.42. The Kier molecular flexibility index (Phi) is 4.52. The summed E-state index contributed by atoms with van der Waals surface area (Å²) in [7, 11) is 0. The molecule has 0 atom stereocenters. The normalized spacial score (nSPS) is 10.1. The van der Waals surface area contributed by atoms with Crippen LogP contribution in [0.15, 0.2) is 12.1 Å². The topological polar surface area (TPSA) is 63.6 Å². The number of aromatic hydroxyl groups is 1. The molecule has 0 amide bonds. The van der Waals surface area contributed by atoms with Crippen molar-refractivity contribution in [3.05, 3.63) is 28.3 Å². The van der Waals surface area contributed by atoms with E-state index in [1.54, 1.807) is 13.0 Å². The second-order valence-corrected chi connectivity index (χ2v) is 3.80. The van der Waals surface area contributed by atoms with E-state index in [1.807, 2.05) is 6.92 Å². The maximum Gasteiger partial charge on any atom is 0.379 e. The summed E-state index contributed by atoms with van der Waals surface area (Å²) in [5.41, 5.74) is 0.401. The van der Waals surface area contributed by atoms with Crippen molar-refractivity contribution in [1.29, 1.82) is 0 Å². The Hall–Kier alpha value is -1.55. The molecule has 4 nitrogen and oxygen atoms in total. The number of carbonyl (C=O) groups is 2.